The summed E-state index contributed by atoms with van der Waals surface area (Å²) in [7, 11) is 0. The molecule has 0 heterocycles. The lowest BCUT2D eigenvalue weighted by molar-refractivity contribution is -0.145. The van der Waals surface area contributed by atoms with Crippen LogP contribution in [0.3, 0.4) is 0 Å². The predicted octanol–water partition coefficient (Wildman–Crippen LogP) is 19.6. The number of carboxylic acids is 7. The first-order valence-electron chi connectivity index (χ1n) is 40.8. The number of aliphatic hydroxyl groups is 3. The maximum absolute atomic E-state index is 10.9. The minimum atomic E-state index is -1.05. The molecule has 25 atom stereocenters. The predicted molar refractivity (Wildman–Crippen MR) is 400 cm³/mol. The molecule has 7 aliphatic rings. The summed E-state index contributed by atoms with van der Waals surface area (Å²) in [6.45, 7) is 34.1. The van der Waals surface area contributed by atoms with Gasteiger partial charge in [0, 0.05) is 12.8 Å². The van der Waals surface area contributed by atoms with Crippen molar-refractivity contribution in [3.05, 3.63) is 0 Å². The maximum Gasteiger partial charge on any atom is 0.306 e. The molecule has 10 N–H and O–H groups in total. The van der Waals surface area contributed by atoms with Crippen molar-refractivity contribution in [2.75, 3.05) is 0 Å². The van der Waals surface area contributed by atoms with Gasteiger partial charge in [-0.2, -0.15) is 0 Å². The second kappa shape index (κ2) is 49.8. The third-order valence-corrected chi connectivity index (χ3v) is 26.5. The molecule has 0 radical (unpaired) electrons. The fraction of sp³-hybridized carbons (Fsp3) is 0.916. The van der Waals surface area contributed by atoms with Crippen molar-refractivity contribution in [2.24, 2.45) is 130 Å². The minimum absolute atomic E-state index is 0.0556. The highest BCUT2D eigenvalue weighted by Gasteiger charge is 2.45. The number of hydrogen-bond donors (Lipinski definition) is 10. The molecule has 586 valence electrons. The van der Waals surface area contributed by atoms with Gasteiger partial charge in [0.25, 0.3) is 0 Å². The Morgan fingerprint density at radius 1 is 0.360 bits per heavy atom. The van der Waals surface area contributed by atoms with Gasteiger partial charge in [0.1, 0.15) is 0 Å². The van der Waals surface area contributed by atoms with Crippen LogP contribution in [0.25, 0.3) is 0 Å². The number of hydrogen-bond acceptors (Lipinski definition) is 10. The van der Waals surface area contributed by atoms with Gasteiger partial charge in [-0.05, 0) is 228 Å². The summed E-state index contributed by atoms with van der Waals surface area (Å²) in [5, 5.41) is 91.3. The molecule has 0 aromatic heterocycles. The molecule has 7 fully saturated rings. The smallest absolute Gasteiger partial charge is 0.306 e. The molecule has 0 bridgehead atoms. The third kappa shape index (κ3) is 33.5. The number of carbonyl (C=O) groups is 7. The Bertz CT molecular complexity index is 2290. The van der Waals surface area contributed by atoms with Crippen LogP contribution in [-0.2, 0) is 33.6 Å². The lowest BCUT2D eigenvalue weighted by atomic mass is 9.78. The van der Waals surface area contributed by atoms with Crippen LogP contribution < -0.4 is 0 Å². The second-order valence-corrected chi connectivity index (χ2v) is 32.8. The maximum atomic E-state index is 10.9. The summed E-state index contributed by atoms with van der Waals surface area (Å²) in [5.74, 6) is 6.51. The minimum Gasteiger partial charge on any atom is -0.481 e. The Kier molecular flexibility index (Phi) is 46.9. The highest BCUT2D eigenvalue weighted by atomic mass is 16.4. The first-order valence-corrected chi connectivity index (χ1v) is 40.8. The molecule has 17 heteroatoms. The van der Waals surface area contributed by atoms with Crippen molar-refractivity contribution < 1.29 is 84.6 Å². The van der Waals surface area contributed by atoms with Gasteiger partial charge in [0.2, 0.25) is 0 Å². The van der Waals surface area contributed by atoms with E-state index >= 15 is 0 Å². The zero-order chi connectivity index (χ0) is 76.1. The second-order valence-electron chi connectivity index (χ2n) is 32.8. The molecule has 0 aromatic carbocycles. The van der Waals surface area contributed by atoms with Crippen LogP contribution >= 0.6 is 0 Å². The Morgan fingerprint density at radius 3 is 1.10 bits per heavy atom. The number of aliphatic carboxylic acids is 7. The van der Waals surface area contributed by atoms with Gasteiger partial charge in [0.05, 0.1) is 48.9 Å². The Hall–Kier alpha value is -3.83. The van der Waals surface area contributed by atoms with Crippen LogP contribution in [0.5, 0.6) is 0 Å². The molecule has 7 aliphatic carbocycles. The van der Waals surface area contributed by atoms with Crippen molar-refractivity contribution >= 4 is 41.8 Å². The number of rotatable bonds is 32. The normalized spacial score (nSPS) is 33.2. The SMILES string of the molecule is CCC1CC(CC)C(C(=O)O)C1.CCC1CC(CC)C(C(C)(O)CC(=O)O)C1.CCC1CC(CC)C(C(C)C(=O)O)C1.CCC1CC(CC)C(C(O)CC(=O)O)C1.CCC1CC(CC)C(CC(=O)O)C1.CCC1CC(CC)C(CC(O)CC(=O)O)C1.CCC1CC(CC)C(CCC(=O)O)C1. The van der Waals surface area contributed by atoms with Gasteiger partial charge in [0.15, 0.2) is 0 Å². The van der Waals surface area contributed by atoms with E-state index in [1.165, 1.54) is 70.6 Å². The summed E-state index contributed by atoms with van der Waals surface area (Å²) < 4.78 is 0. The van der Waals surface area contributed by atoms with E-state index in [1.807, 2.05) is 6.92 Å². The Morgan fingerprint density at radius 2 is 0.710 bits per heavy atom. The average molecular weight is 1420 g/mol. The topological polar surface area (TPSA) is 322 Å². The summed E-state index contributed by atoms with van der Waals surface area (Å²) >= 11 is 0. The molecule has 7 rings (SSSR count). The molecule has 7 saturated carbocycles. The molecular formula is C83H152O17. The summed E-state index contributed by atoms with van der Waals surface area (Å²) in [6, 6.07) is 0. The van der Waals surface area contributed by atoms with E-state index in [1.54, 1.807) is 6.92 Å². The van der Waals surface area contributed by atoms with Gasteiger partial charge in [-0.25, -0.2) is 0 Å². The molecule has 100 heavy (non-hydrogen) atoms. The van der Waals surface area contributed by atoms with Gasteiger partial charge < -0.3 is 51.1 Å². The Labute approximate surface area is 607 Å². The summed E-state index contributed by atoms with van der Waals surface area (Å²) in [4.78, 5) is 74.7. The lowest BCUT2D eigenvalue weighted by Gasteiger charge is -2.32. The molecule has 0 amide bonds. The summed E-state index contributed by atoms with van der Waals surface area (Å²) in [6.07, 6.45) is 32.9. The number of carboxylic acid groups (broad SMARTS) is 7. The van der Waals surface area contributed by atoms with Gasteiger partial charge in [-0.15, -0.1) is 0 Å². The largest absolute Gasteiger partial charge is 0.481 e. The van der Waals surface area contributed by atoms with Crippen molar-refractivity contribution in [1.82, 2.24) is 0 Å². The third-order valence-electron chi connectivity index (χ3n) is 26.5. The van der Waals surface area contributed by atoms with Crippen LogP contribution in [0.15, 0.2) is 0 Å². The van der Waals surface area contributed by atoms with Gasteiger partial charge >= 0.3 is 41.8 Å². The van der Waals surface area contributed by atoms with E-state index < -0.39 is 59.6 Å². The van der Waals surface area contributed by atoms with Gasteiger partial charge in [-0.3, -0.25) is 33.6 Å². The highest BCUT2D eigenvalue weighted by molar-refractivity contribution is 5.71. The summed E-state index contributed by atoms with van der Waals surface area (Å²) in [5.41, 5.74) is -1.05. The van der Waals surface area contributed by atoms with Crippen LogP contribution in [-0.4, -0.2) is 111 Å². The first kappa shape index (κ1) is 94.2. The fourth-order valence-corrected chi connectivity index (χ4v) is 19.9. The zero-order valence-electron chi connectivity index (χ0n) is 65.9. The van der Waals surface area contributed by atoms with Gasteiger partial charge in [-0.1, -0.05) is 194 Å². The van der Waals surface area contributed by atoms with Crippen LogP contribution in [0.4, 0.5) is 0 Å². The molecule has 17 nitrogen and oxygen atoms in total. The van der Waals surface area contributed by atoms with E-state index in [0.29, 0.717) is 96.2 Å². The molecule has 0 spiro atoms. The van der Waals surface area contributed by atoms with Crippen molar-refractivity contribution in [2.45, 2.75) is 353 Å². The van der Waals surface area contributed by atoms with E-state index in [2.05, 4.69) is 96.9 Å². The number of aliphatic hydroxyl groups excluding tert-OH is 2. The molecule has 0 aliphatic heterocycles. The standard InChI is InChI=1S/2C13H24O3.C12H22O3.2C12H22O2.C11H20O2.C10H18O2/c1-4-9-6-10(5-2)11(7-9)13(3,16)8-12(14)15;1-3-9-5-10(4-2)11(6-9)7-12(14)8-13(15)16;1-3-8-5-9(4-2)10(6-8)11(13)7-12(14)15;1-4-9-6-10(5-2)11(7-9)8(3)12(13)14;1-3-9-7-10(4-2)11(8-9)5-6-12(13)14;1-3-8-5-9(4-2)10(6-8)7-11(12)13;1-3-7-5-8(4-2)9(6-7)10(11)12/h9-11,16H,4-8H2,1-3H3,(H,14,15);9-12,14H,3-8H2,1-2H3,(H,15,16);8-11,13H,3-7H2,1-2H3,(H,14,15);8-11H,4-7H2,1-3H3,(H,13,14);9-11H,3-8H2,1-2H3,(H,13,14);8-10H,3-7H2,1-2H3,(H,12,13);7-9H,3-6H2,1-2H3,(H,11,12). The van der Waals surface area contributed by atoms with Crippen molar-refractivity contribution in [1.29, 1.82) is 0 Å². The molecular weight excluding hydrogens is 1270 g/mol. The van der Waals surface area contributed by atoms with Crippen molar-refractivity contribution in [3.8, 4) is 0 Å². The quantitative estimate of drug-likeness (QED) is 0.0299. The van der Waals surface area contributed by atoms with E-state index in [4.69, 9.17) is 35.7 Å². The molecule has 0 aromatic rings. The molecule has 25 unspecified atom stereocenters. The zero-order valence-corrected chi connectivity index (χ0v) is 65.9. The lowest BCUT2D eigenvalue weighted by Crippen LogP contribution is -2.38. The van der Waals surface area contributed by atoms with E-state index in [9.17, 15) is 48.9 Å². The Balaban J connectivity index is 0.000000584. The van der Waals surface area contributed by atoms with E-state index in [0.717, 1.165) is 145 Å². The van der Waals surface area contributed by atoms with Crippen LogP contribution in [0.1, 0.15) is 336 Å². The monoisotopic (exact) mass is 1420 g/mol. The first-order chi connectivity index (χ1) is 47.2. The van der Waals surface area contributed by atoms with Crippen LogP contribution in [0.2, 0.25) is 0 Å². The fourth-order valence-electron chi connectivity index (χ4n) is 19.9. The van der Waals surface area contributed by atoms with Crippen LogP contribution in [0, 0.1) is 130 Å². The van der Waals surface area contributed by atoms with Crippen molar-refractivity contribution in [3.63, 3.8) is 0 Å². The molecule has 0 saturated heterocycles. The average Bonchev–Trinajstić information content (AvgIpc) is 1.67. The highest BCUT2D eigenvalue weighted by Crippen LogP contribution is 2.49. The van der Waals surface area contributed by atoms with E-state index in [-0.39, 0.29) is 42.9 Å².